The van der Waals surface area contributed by atoms with Crippen LogP contribution in [0.3, 0.4) is 0 Å². The Kier molecular flexibility index (Phi) is 5.60. The van der Waals surface area contributed by atoms with Gasteiger partial charge in [-0.15, -0.1) is 0 Å². The molecule has 1 fully saturated rings. The summed E-state index contributed by atoms with van der Waals surface area (Å²) < 4.78 is 3.06. The van der Waals surface area contributed by atoms with Gasteiger partial charge in [0.2, 0.25) is 0 Å². The number of amides is 2. The zero-order valence-electron chi connectivity index (χ0n) is 15.4. The number of carbonyl (C=O) groups is 1. The maximum atomic E-state index is 12.9. The number of hydrogen-bond donors (Lipinski definition) is 2. The Morgan fingerprint density at radius 1 is 1.10 bits per heavy atom. The van der Waals surface area contributed by atoms with Gasteiger partial charge in [-0.1, -0.05) is 41.4 Å². The Bertz CT molecular complexity index is 1090. The molecule has 9 heteroatoms. The van der Waals surface area contributed by atoms with Gasteiger partial charge in [-0.05, 0) is 43.2 Å². The van der Waals surface area contributed by atoms with Gasteiger partial charge in [-0.2, -0.15) is 5.10 Å². The molecule has 0 spiro atoms. The van der Waals surface area contributed by atoms with Gasteiger partial charge in [0.15, 0.2) is 0 Å². The summed E-state index contributed by atoms with van der Waals surface area (Å²) in [5, 5.41) is 10.7. The minimum absolute atomic E-state index is 0.204. The third-order valence-electron chi connectivity index (χ3n) is 4.61. The molecule has 2 amide bonds. The van der Waals surface area contributed by atoms with Gasteiger partial charge in [-0.25, -0.2) is 18.8 Å². The molecule has 0 bridgehead atoms. The van der Waals surface area contributed by atoms with E-state index in [2.05, 4.69) is 15.7 Å². The van der Waals surface area contributed by atoms with Crippen molar-refractivity contribution >= 4 is 34.9 Å². The number of urea groups is 1. The van der Waals surface area contributed by atoms with Gasteiger partial charge >= 0.3 is 11.7 Å². The molecule has 1 heterocycles. The molecule has 0 saturated heterocycles. The largest absolute Gasteiger partial charge is 0.350 e. The van der Waals surface area contributed by atoms with Crippen molar-refractivity contribution in [3.8, 4) is 5.69 Å². The van der Waals surface area contributed by atoms with Gasteiger partial charge in [0.25, 0.3) is 0 Å². The van der Waals surface area contributed by atoms with Crippen LogP contribution in [0.2, 0.25) is 10.0 Å². The maximum absolute atomic E-state index is 12.9. The second kappa shape index (κ2) is 8.31. The number of halogens is 2. The molecule has 3 aromatic rings. The highest BCUT2D eigenvalue weighted by atomic mass is 35.5. The summed E-state index contributed by atoms with van der Waals surface area (Å²) in [5.41, 5.74) is 1.12. The van der Waals surface area contributed by atoms with Gasteiger partial charge in [0.05, 0.1) is 22.3 Å². The van der Waals surface area contributed by atoms with Crippen molar-refractivity contribution in [2.75, 3.05) is 11.9 Å². The highest BCUT2D eigenvalue weighted by Gasteiger charge is 2.31. The van der Waals surface area contributed by atoms with Crippen LogP contribution >= 0.6 is 23.2 Å². The van der Waals surface area contributed by atoms with E-state index >= 15 is 0 Å². The number of hydrogen-bond acceptors (Lipinski definition) is 3. The Morgan fingerprint density at radius 3 is 2.55 bits per heavy atom. The van der Waals surface area contributed by atoms with Crippen LogP contribution in [0.25, 0.3) is 5.69 Å². The van der Waals surface area contributed by atoms with Crippen molar-refractivity contribution in [3.63, 3.8) is 0 Å². The van der Waals surface area contributed by atoms with Crippen molar-refractivity contribution in [2.45, 2.75) is 25.3 Å². The van der Waals surface area contributed by atoms with Crippen molar-refractivity contribution in [3.05, 3.63) is 74.9 Å². The summed E-state index contributed by atoms with van der Waals surface area (Å²) in [5.74, 6) is 1.09. The first-order chi connectivity index (χ1) is 14.0. The lowest BCUT2D eigenvalue weighted by atomic mass is 10.3. The minimum Gasteiger partial charge on any atom is -0.336 e. The zero-order valence-corrected chi connectivity index (χ0v) is 17.0. The first kappa shape index (κ1) is 19.5. The van der Waals surface area contributed by atoms with E-state index in [-0.39, 0.29) is 18.8 Å². The SMILES string of the molecule is O=C(NCCn1nc(C2CC2)n(-c2ccccc2)c1=O)Nc1ccc(Cl)c(Cl)c1. The summed E-state index contributed by atoms with van der Waals surface area (Å²) in [4.78, 5) is 25.0. The summed E-state index contributed by atoms with van der Waals surface area (Å²) in [6.07, 6.45) is 2.07. The Labute approximate surface area is 177 Å². The molecule has 1 saturated carbocycles. The number of para-hydroxylation sites is 1. The van der Waals surface area contributed by atoms with Crippen molar-refractivity contribution in [1.82, 2.24) is 19.7 Å². The number of rotatable bonds is 6. The molecule has 1 aliphatic carbocycles. The minimum atomic E-state index is -0.402. The molecule has 1 aliphatic rings. The fourth-order valence-electron chi connectivity index (χ4n) is 3.02. The predicted molar refractivity (Wildman–Crippen MR) is 113 cm³/mol. The Morgan fingerprint density at radius 2 is 1.86 bits per heavy atom. The second-order valence-corrected chi connectivity index (χ2v) is 7.63. The molecule has 2 aromatic carbocycles. The number of nitrogens with one attached hydrogen (secondary N) is 2. The standard InChI is InChI=1S/C20H19Cl2N5O2/c21-16-9-8-14(12-17(16)22)24-19(28)23-10-11-26-20(29)27(15-4-2-1-3-5-15)18(25-26)13-6-7-13/h1-5,8-9,12-13H,6-7,10-11H2,(H2,23,24,28). The first-order valence-corrected chi connectivity index (χ1v) is 10.0. The van der Waals surface area contributed by atoms with Crippen LogP contribution < -0.4 is 16.3 Å². The number of nitrogens with zero attached hydrogens (tertiary/aromatic N) is 3. The van der Waals surface area contributed by atoms with Crippen LogP contribution in [0, 0.1) is 0 Å². The topological polar surface area (TPSA) is 81.0 Å². The quantitative estimate of drug-likeness (QED) is 0.617. The molecular formula is C20H19Cl2N5O2. The summed E-state index contributed by atoms with van der Waals surface area (Å²) in [7, 11) is 0. The molecule has 4 rings (SSSR count). The lowest BCUT2D eigenvalue weighted by Crippen LogP contribution is -2.34. The van der Waals surface area contributed by atoms with E-state index < -0.39 is 6.03 Å². The van der Waals surface area contributed by atoms with E-state index in [4.69, 9.17) is 23.2 Å². The average Bonchev–Trinajstić information content (AvgIpc) is 3.50. The van der Waals surface area contributed by atoms with E-state index in [1.165, 1.54) is 4.68 Å². The molecule has 150 valence electrons. The van der Waals surface area contributed by atoms with Crippen molar-refractivity contribution in [2.24, 2.45) is 0 Å². The normalized spacial score (nSPS) is 13.3. The first-order valence-electron chi connectivity index (χ1n) is 9.28. The van der Waals surface area contributed by atoms with Crippen LogP contribution in [-0.4, -0.2) is 26.9 Å². The number of benzene rings is 2. The monoisotopic (exact) mass is 431 g/mol. The zero-order chi connectivity index (χ0) is 20.4. The maximum Gasteiger partial charge on any atom is 0.350 e. The smallest absolute Gasteiger partial charge is 0.336 e. The van der Waals surface area contributed by atoms with Gasteiger partial charge in [0, 0.05) is 18.2 Å². The lowest BCUT2D eigenvalue weighted by Gasteiger charge is -2.08. The number of aromatic nitrogens is 3. The summed E-state index contributed by atoms with van der Waals surface area (Å²) >= 11 is 11.8. The molecule has 0 unspecified atom stereocenters. The molecule has 1 aromatic heterocycles. The average molecular weight is 432 g/mol. The molecule has 0 aliphatic heterocycles. The Balaban J connectivity index is 1.42. The highest BCUT2D eigenvalue weighted by molar-refractivity contribution is 6.42. The van der Waals surface area contributed by atoms with Crippen LogP contribution in [0.1, 0.15) is 24.6 Å². The lowest BCUT2D eigenvalue weighted by molar-refractivity contribution is 0.251. The van der Waals surface area contributed by atoms with Crippen LogP contribution in [0.4, 0.5) is 10.5 Å². The summed E-state index contributed by atoms with van der Waals surface area (Å²) in [6.45, 7) is 0.524. The molecule has 2 N–H and O–H groups in total. The van der Waals surface area contributed by atoms with E-state index in [9.17, 15) is 9.59 Å². The number of anilines is 1. The van der Waals surface area contributed by atoms with E-state index in [1.54, 1.807) is 22.8 Å². The van der Waals surface area contributed by atoms with Crippen LogP contribution in [0.5, 0.6) is 0 Å². The predicted octanol–water partition coefficient (Wildman–Crippen LogP) is 4.04. The third-order valence-corrected chi connectivity index (χ3v) is 5.35. The van der Waals surface area contributed by atoms with Crippen LogP contribution in [-0.2, 0) is 6.54 Å². The van der Waals surface area contributed by atoms with Crippen molar-refractivity contribution in [1.29, 1.82) is 0 Å². The second-order valence-electron chi connectivity index (χ2n) is 6.82. The van der Waals surface area contributed by atoms with Crippen LogP contribution in [0.15, 0.2) is 53.3 Å². The molecule has 0 atom stereocenters. The van der Waals surface area contributed by atoms with Gasteiger partial charge in [0.1, 0.15) is 5.82 Å². The summed E-state index contributed by atoms with van der Waals surface area (Å²) in [6, 6.07) is 13.9. The van der Waals surface area contributed by atoms with E-state index in [1.807, 2.05) is 30.3 Å². The fourth-order valence-corrected chi connectivity index (χ4v) is 3.32. The molecular weight excluding hydrogens is 413 g/mol. The van der Waals surface area contributed by atoms with Gasteiger partial charge < -0.3 is 10.6 Å². The number of carbonyl (C=O) groups excluding carboxylic acids is 1. The molecule has 0 radical (unpaired) electrons. The molecule has 29 heavy (non-hydrogen) atoms. The van der Waals surface area contributed by atoms with E-state index in [0.717, 1.165) is 24.4 Å². The third kappa shape index (κ3) is 4.46. The Hall–Kier alpha value is -2.77. The van der Waals surface area contributed by atoms with Gasteiger partial charge in [-0.3, -0.25) is 0 Å². The highest BCUT2D eigenvalue weighted by Crippen LogP contribution is 2.39. The van der Waals surface area contributed by atoms with E-state index in [0.29, 0.717) is 21.7 Å². The fraction of sp³-hybridized carbons (Fsp3) is 0.250. The molecule has 7 nitrogen and oxygen atoms in total. The van der Waals surface area contributed by atoms with Crippen molar-refractivity contribution < 1.29 is 4.79 Å².